The van der Waals surface area contributed by atoms with Crippen LogP contribution < -0.4 is 0 Å². The molecule has 0 radical (unpaired) electrons. The number of hydrogen-bond donors (Lipinski definition) is 0. The molecule has 1 aliphatic rings. The van der Waals surface area contributed by atoms with Crippen molar-refractivity contribution < 1.29 is 4.79 Å². The number of thiophene rings is 1. The summed E-state index contributed by atoms with van der Waals surface area (Å²) in [5.74, 6) is 0.876. The second-order valence-electron chi connectivity index (χ2n) is 6.19. The van der Waals surface area contributed by atoms with Crippen LogP contribution in [0.5, 0.6) is 0 Å². The fourth-order valence-corrected chi connectivity index (χ4v) is 3.96. The summed E-state index contributed by atoms with van der Waals surface area (Å²) in [5, 5.41) is 0. The number of nitrogens with zero attached hydrogens (tertiary/aromatic N) is 4. The van der Waals surface area contributed by atoms with E-state index >= 15 is 0 Å². The SMILES string of the molecule is CC(=O)c1ccc(CN2CCc3nc(-c4cccnc4)ncc3C2)s1. The molecule has 6 heteroatoms. The summed E-state index contributed by atoms with van der Waals surface area (Å²) in [6.07, 6.45) is 6.39. The summed E-state index contributed by atoms with van der Waals surface area (Å²) in [6, 6.07) is 7.85. The molecule has 1 aliphatic heterocycles. The van der Waals surface area contributed by atoms with E-state index in [1.165, 1.54) is 10.4 Å². The number of hydrogen-bond acceptors (Lipinski definition) is 6. The van der Waals surface area contributed by atoms with Crippen molar-refractivity contribution in [3.63, 3.8) is 0 Å². The van der Waals surface area contributed by atoms with Gasteiger partial charge >= 0.3 is 0 Å². The van der Waals surface area contributed by atoms with Gasteiger partial charge in [0, 0.05) is 60.6 Å². The quantitative estimate of drug-likeness (QED) is 0.675. The molecular formula is C19H18N4OS. The number of carbonyl (C=O) groups is 1. The normalized spacial score (nSPS) is 14.3. The van der Waals surface area contributed by atoms with Crippen molar-refractivity contribution in [1.82, 2.24) is 19.9 Å². The molecule has 0 unspecified atom stereocenters. The van der Waals surface area contributed by atoms with Crippen molar-refractivity contribution in [1.29, 1.82) is 0 Å². The first-order valence-corrected chi connectivity index (χ1v) is 9.08. The lowest BCUT2D eigenvalue weighted by atomic mass is 10.1. The Morgan fingerprint density at radius 2 is 2.20 bits per heavy atom. The molecule has 0 aromatic carbocycles. The minimum atomic E-state index is 0.136. The number of fused-ring (bicyclic) bond motifs is 1. The maximum Gasteiger partial charge on any atom is 0.169 e. The van der Waals surface area contributed by atoms with Crippen molar-refractivity contribution in [3.8, 4) is 11.4 Å². The third-order valence-corrected chi connectivity index (χ3v) is 5.49. The highest BCUT2D eigenvalue weighted by atomic mass is 32.1. The molecule has 4 heterocycles. The highest BCUT2D eigenvalue weighted by Gasteiger charge is 2.19. The number of Topliss-reactive ketones (excluding diaryl/α,β-unsaturated/α-hetero) is 1. The Balaban J connectivity index is 1.49. The molecule has 0 fully saturated rings. The van der Waals surface area contributed by atoms with Gasteiger partial charge in [0.15, 0.2) is 11.6 Å². The molecular weight excluding hydrogens is 332 g/mol. The van der Waals surface area contributed by atoms with Gasteiger partial charge in [0.2, 0.25) is 0 Å². The molecule has 0 atom stereocenters. The zero-order valence-electron chi connectivity index (χ0n) is 14.0. The van der Waals surface area contributed by atoms with Gasteiger partial charge in [0.1, 0.15) is 0 Å². The largest absolute Gasteiger partial charge is 0.294 e. The maximum absolute atomic E-state index is 11.4. The fourth-order valence-electron chi connectivity index (χ4n) is 3.02. The Hall–Kier alpha value is -2.44. The maximum atomic E-state index is 11.4. The summed E-state index contributed by atoms with van der Waals surface area (Å²) in [5.41, 5.74) is 3.26. The highest BCUT2D eigenvalue weighted by molar-refractivity contribution is 7.14. The number of carbonyl (C=O) groups excluding carboxylic acids is 1. The topological polar surface area (TPSA) is 59.0 Å². The Kier molecular flexibility index (Phi) is 4.38. The van der Waals surface area contributed by atoms with E-state index in [9.17, 15) is 4.79 Å². The molecule has 3 aromatic heterocycles. The second-order valence-corrected chi connectivity index (χ2v) is 7.36. The first-order valence-electron chi connectivity index (χ1n) is 8.26. The van der Waals surface area contributed by atoms with E-state index in [-0.39, 0.29) is 5.78 Å². The van der Waals surface area contributed by atoms with Gasteiger partial charge in [-0.05, 0) is 31.2 Å². The van der Waals surface area contributed by atoms with E-state index in [4.69, 9.17) is 4.98 Å². The Labute approximate surface area is 150 Å². The average Bonchev–Trinajstić information content (AvgIpc) is 3.11. The molecule has 0 amide bonds. The van der Waals surface area contributed by atoms with Crippen molar-refractivity contribution in [2.45, 2.75) is 26.4 Å². The van der Waals surface area contributed by atoms with Crippen LogP contribution >= 0.6 is 11.3 Å². The van der Waals surface area contributed by atoms with Crippen molar-refractivity contribution in [2.75, 3.05) is 6.54 Å². The van der Waals surface area contributed by atoms with Crippen LogP contribution in [0.25, 0.3) is 11.4 Å². The first kappa shape index (κ1) is 16.1. The van der Waals surface area contributed by atoms with Crippen LogP contribution in [0.2, 0.25) is 0 Å². The Morgan fingerprint density at radius 1 is 1.28 bits per heavy atom. The third kappa shape index (κ3) is 3.50. The molecule has 4 rings (SSSR count). The summed E-state index contributed by atoms with van der Waals surface area (Å²) < 4.78 is 0. The summed E-state index contributed by atoms with van der Waals surface area (Å²) in [7, 11) is 0. The van der Waals surface area contributed by atoms with Crippen molar-refractivity contribution in [2.24, 2.45) is 0 Å². The van der Waals surface area contributed by atoms with Crippen LogP contribution in [0.1, 0.15) is 32.7 Å². The van der Waals surface area contributed by atoms with E-state index in [0.29, 0.717) is 0 Å². The van der Waals surface area contributed by atoms with Crippen molar-refractivity contribution in [3.05, 3.63) is 63.9 Å². The molecule has 25 heavy (non-hydrogen) atoms. The summed E-state index contributed by atoms with van der Waals surface area (Å²) in [4.78, 5) is 29.3. The van der Waals surface area contributed by atoms with Gasteiger partial charge in [-0.25, -0.2) is 9.97 Å². The molecule has 5 nitrogen and oxygen atoms in total. The predicted molar refractivity (Wildman–Crippen MR) is 97.4 cm³/mol. The molecule has 0 saturated heterocycles. The van der Waals surface area contributed by atoms with E-state index < -0.39 is 0 Å². The molecule has 0 N–H and O–H groups in total. The van der Waals surface area contributed by atoms with Crippen LogP contribution in [0.15, 0.2) is 42.9 Å². The zero-order chi connectivity index (χ0) is 17.2. The second kappa shape index (κ2) is 6.82. The smallest absolute Gasteiger partial charge is 0.169 e. The molecule has 0 saturated carbocycles. The van der Waals surface area contributed by atoms with Crippen LogP contribution in [-0.2, 0) is 19.5 Å². The summed E-state index contributed by atoms with van der Waals surface area (Å²) >= 11 is 1.59. The van der Waals surface area contributed by atoms with Gasteiger partial charge < -0.3 is 0 Å². The molecule has 3 aromatic rings. The molecule has 126 valence electrons. The van der Waals surface area contributed by atoms with Gasteiger partial charge in [-0.2, -0.15) is 0 Å². The summed E-state index contributed by atoms with van der Waals surface area (Å²) in [6.45, 7) is 4.28. The van der Waals surface area contributed by atoms with E-state index in [0.717, 1.165) is 48.0 Å². The van der Waals surface area contributed by atoms with Crippen molar-refractivity contribution >= 4 is 17.1 Å². The van der Waals surface area contributed by atoms with Crippen LogP contribution in [0.4, 0.5) is 0 Å². The third-order valence-electron chi connectivity index (χ3n) is 4.32. The zero-order valence-corrected chi connectivity index (χ0v) is 14.8. The number of ketones is 1. The number of pyridine rings is 1. The van der Waals surface area contributed by atoms with E-state index in [2.05, 4.69) is 20.9 Å². The van der Waals surface area contributed by atoms with Gasteiger partial charge in [0.05, 0.1) is 10.6 Å². The lowest BCUT2D eigenvalue weighted by Crippen LogP contribution is -2.30. The van der Waals surface area contributed by atoms with Crippen LogP contribution in [0, 0.1) is 0 Å². The van der Waals surface area contributed by atoms with Crippen LogP contribution in [-0.4, -0.2) is 32.2 Å². The van der Waals surface area contributed by atoms with Gasteiger partial charge in [0.25, 0.3) is 0 Å². The predicted octanol–water partition coefficient (Wildman–Crippen LogP) is 3.36. The minimum Gasteiger partial charge on any atom is -0.294 e. The standard InChI is InChI=1S/C19H18N4OS/c1-13(24)18-5-4-16(25-18)12-23-8-6-17-15(11-23)10-21-19(22-17)14-3-2-7-20-9-14/h2-5,7,9-10H,6,8,11-12H2,1H3. The van der Waals surface area contributed by atoms with E-state index in [1.54, 1.807) is 30.7 Å². The van der Waals surface area contributed by atoms with Gasteiger partial charge in [-0.3, -0.25) is 14.7 Å². The Bertz CT molecular complexity index is 907. The van der Waals surface area contributed by atoms with Gasteiger partial charge in [-0.15, -0.1) is 11.3 Å². The molecule has 0 spiro atoms. The molecule has 0 bridgehead atoms. The lowest BCUT2D eigenvalue weighted by Gasteiger charge is -2.27. The Morgan fingerprint density at radius 3 is 2.96 bits per heavy atom. The highest BCUT2D eigenvalue weighted by Crippen LogP contribution is 2.24. The van der Waals surface area contributed by atoms with Gasteiger partial charge in [-0.1, -0.05) is 0 Å². The minimum absolute atomic E-state index is 0.136. The lowest BCUT2D eigenvalue weighted by molar-refractivity contribution is 0.102. The number of aromatic nitrogens is 3. The monoisotopic (exact) mass is 350 g/mol. The number of rotatable bonds is 4. The fraction of sp³-hybridized carbons (Fsp3) is 0.263. The molecule has 0 aliphatic carbocycles. The van der Waals surface area contributed by atoms with Crippen LogP contribution in [0.3, 0.4) is 0 Å². The van der Waals surface area contributed by atoms with E-state index in [1.807, 2.05) is 24.4 Å². The first-order chi connectivity index (χ1) is 12.2. The average molecular weight is 350 g/mol.